The SMILES string of the molecule is COC(=O)CCc1csc(N2CCOC(CO)C2)n1. The van der Waals surface area contributed by atoms with E-state index in [1.54, 1.807) is 11.3 Å². The molecule has 1 saturated heterocycles. The molecular formula is C12H18N2O4S. The number of aryl methyl sites for hydroxylation is 1. The number of esters is 1. The fourth-order valence-corrected chi connectivity index (χ4v) is 2.79. The van der Waals surface area contributed by atoms with E-state index in [9.17, 15) is 4.79 Å². The third kappa shape index (κ3) is 3.89. The van der Waals surface area contributed by atoms with Crippen LogP contribution in [0.4, 0.5) is 5.13 Å². The Hall–Kier alpha value is -1.18. The number of nitrogens with zero attached hydrogens (tertiary/aromatic N) is 2. The molecule has 2 rings (SSSR count). The van der Waals surface area contributed by atoms with Crippen LogP contribution < -0.4 is 4.90 Å². The molecular weight excluding hydrogens is 268 g/mol. The average Bonchev–Trinajstić information content (AvgIpc) is 2.93. The molecule has 0 aliphatic carbocycles. The first-order chi connectivity index (χ1) is 9.22. The Balaban J connectivity index is 1.91. The van der Waals surface area contributed by atoms with E-state index in [0.29, 0.717) is 26.0 Å². The van der Waals surface area contributed by atoms with Gasteiger partial charge in [-0.25, -0.2) is 4.98 Å². The number of aliphatic hydroxyl groups excluding tert-OH is 1. The smallest absolute Gasteiger partial charge is 0.305 e. The van der Waals surface area contributed by atoms with E-state index in [4.69, 9.17) is 9.84 Å². The van der Waals surface area contributed by atoms with Gasteiger partial charge >= 0.3 is 5.97 Å². The normalized spacial score (nSPS) is 19.5. The van der Waals surface area contributed by atoms with E-state index in [0.717, 1.165) is 17.4 Å². The van der Waals surface area contributed by atoms with Crippen molar-refractivity contribution in [2.24, 2.45) is 0 Å². The van der Waals surface area contributed by atoms with Crippen molar-refractivity contribution in [3.8, 4) is 0 Å². The molecule has 7 heteroatoms. The quantitative estimate of drug-likeness (QED) is 0.792. The van der Waals surface area contributed by atoms with Gasteiger partial charge in [0.1, 0.15) is 0 Å². The van der Waals surface area contributed by atoms with Crippen molar-refractivity contribution in [1.29, 1.82) is 0 Å². The van der Waals surface area contributed by atoms with Gasteiger partial charge in [0.05, 0.1) is 38.5 Å². The van der Waals surface area contributed by atoms with Gasteiger partial charge in [0, 0.05) is 24.9 Å². The number of rotatable bonds is 5. The largest absolute Gasteiger partial charge is 0.469 e. The topological polar surface area (TPSA) is 71.9 Å². The number of hydrogen-bond acceptors (Lipinski definition) is 7. The Morgan fingerprint density at radius 2 is 2.58 bits per heavy atom. The number of carbonyl (C=O) groups excluding carboxylic acids is 1. The Kier molecular flexibility index (Phi) is 5.12. The van der Waals surface area contributed by atoms with Crippen molar-refractivity contribution < 1.29 is 19.4 Å². The van der Waals surface area contributed by atoms with Crippen molar-refractivity contribution in [3.05, 3.63) is 11.1 Å². The first-order valence-corrected chi connectivity index (χ1v) is 7.09. The summed E-state index contributed by atoms with van der Waals surface area (Å²) in [6.07, 6.45) is 0.801. The molecule has 1 N–H and O–H groups in total. The number of methoxy groups -OCH3 is 1. The molecule has 2 heterocycles. The molecule has 1 aliphatic heterocycles. The van der Waals surface area contributed by atoms with Gasteiger partial charge in [-0.2, -0.15) is 0 Å². The molecule has 0 aromatic carbocycles. The molecule has 6 nitrogen and oxygen atoms in total. The highest BCUT2D eigenvalue weighted by Crippen LogP contribution is 2.23. The van der Waals surface area contributed by atoms with E-state index in [1.807, 2.05) is 5.38 Å². The lowest BCUT2D eigenvalue weighted by molar-refractivity contribution is -0.140. The Morgan fingerprint density at radius 3 is 3.32 bits per heavy atom. The van der Waals surface area contributed by atoms with Crippen LogP contribution in [0.15, 0.2) is 5.38 Å². The minimum atomic E-state index is -0.221. The number of aliphatic hydroxyl groups is 1. The Labute approximate surface area is 116 Å². The molecule has 1 aromatic rings. The predicted octanol–water partition coefficient (Wildman–Crippen LogP) is 0.446. The van der Waals surface area contributed by atoms with Crippen LogP contribution in [0, 0.1) is 0 Å². The van der Waals surface area contributed by atoms with Gasteiger partial charge in [-0.05, 0) is 0 Å². The molecule has 1 aliphatic rings. The van der Waals surface area contributed by atoms with E-state index in [1.165, 1.54) is 7.11 Å². The summed E-state index contributed by atoms with van der Waals surface area (Å²) in [7, 11) is 1.39. The minimum absolute atomic E-state index is 0.0249. The molecule has 1 aromatic heterocycles. The second kappa shape index (κ2) is 6.83. The summed E-state index contributed by atoms with van der Waals surface area (Å²) < 4.78 is 10.0. The summed E-state index contributed by atoms with van der Waals surface area (Å²) in [4.78, 5) is 17.7. The summed E-state index contributed by atoms with van der Waals surface area (Å²) >= 11 is 1.55. The highest BCUT2D eigenvalue weighted by Gasteiger charge is 2.22. The standard InChI is InChI=1S/C12H18N2O4S/c1-17-11(16)3-2-9-8-19-12(13-9)14-4-5-18-10(6-14)7-15/h8,10,15H,2-7H2,1H3. The molecule has 0 amide bonds. The van der Waals surface area contributed by atoms with Crippen molar-refractivity contribution in [2.45, 2.75) is 18.9 Å². The first-order valence-electron chi connectivity index (χ1n) is 6.21. The van der Waals surface area contributed by atoms with Crippen LogP contribution in [0.2, 0.25) is 0 Å². The first kappa shape index (κ1) is 14.2. The molecule has 0 spiro atoms. The zero-order chi connectivity index (χ0) is 13.7. The van der Waals surface area contributed by atoms with E-state index in [2.05, 4.69) is 14.6 Å². The monoisotopic (exact) mass is 286 g/mol. The lowest BCUT2D eigenvalue weighted by Crippen LogP contribution is -2.44. The van der Waals surface area contributed by atoms with Crippen LogP contribution in [0.5, 0.6) is 0 Å². The van der Waals surface area contributed by atoms with Gasteiger partial charge in [-0.3, -0.25) is 4.79 Å². The summed E-state index contributed by atoms with van der Waals surface area (Å²) in [5, 5.41) is 12.0. The van der Waals surface area contributed by atoms with Gasteiger partial charge in [0.15, 0.2) is 5.13 Å². The molecule has 19 heavy (non-hydrogen) atoms. The van der Waals surface area contributed by atoms with Crippen molar-refractivity contribution >= 4 is 22.4 Å². The highest BCUT2D eigenvalue weighted by atomic mass is 32.1. The number of carbonyl (C=O) groups is 1. The minimum Gasteiger partial charge on any atom is -0.469 e. The molecule has 1 atom stereocenters. The number of morpholine rings is 1. The van der Waals surface area contributed by atoms with Gasteiger partial charge in [-0.15, -0.1) is 11.3 Å². The number of anilines is 1. The van der Waals surface area contributed by atoms with Crippen molar-refractivity contribution in [3.63, 3.8) is 0 Å². The molecule has 1 fully saturated rings. The molecule has 0 radical (unpaired) electrons. The maximum atomic E-state index is 11.1. The fraction of sp³-hybridized carbons (Fsp3) is 0.667. The second-order valence-electron chi connectivity index (χ2n) is 4.32. The lowest BCUT2D eigenvalue weighted by atomic mass is 10.2. The number of aromatic nitrogens is 1. The predicted molar refractivity (Wildman–Crippen MR) is 71.5 cm³/mol. The van der Waals surface area contributed by atoms with Crippen LogP contribution >= 0.6 is 11.3 Å². The molecule has 0 saturated carbocycles. The zero-order valence-electron chi connectivity index (χ0n) is 10.9. The summed E-state index contributed by atoms with van der Waals surface area (Å²) in [5.74, 6) is -0.221. The summed E-state index contributed by atoms with van der Waals surface area (Å²) in [5.41, 5.74) is 0.900. The maximum absolute atomic E-state index is 11.1. The Bertz CT molecular complexity index is 424. The van der Waals surface area contributed by atoms with Gasteiger partial charge < -0.3 is 19.5 Å². The highest BCUT2D eigenvalue weighted by molar-refractivity contribution is 7.13. The van der Waals surface area contributed by atoms with E-state index >= 15 is 0 Å². The van der Waals surface area contributed by atoms with Crippen molar-refractivity contribution in [1.82, 2.24) is 4.98 Å². The number of ether oxygens (including phenoxy) is 2. The number of hydrogen-bond donors (Lipinski definition) is 1. The zero-order valence-corrected chi connectivity index (χ0v) is 11.7. The van der Waals surface area contributed by atoms with Gasteiger partial charge in [-0.1, -0.05) is 0 Å². The fourth-order valence-electron chi connectivity index (χ4n) is 1.89. The van der Waals surface area contributed by atoms with Gasteiger partial charge in [0.2, 0.25) is 0 Å². The molecule has 0 bridgehead atoms. The molecule has 106 valence electrons. The second-order valence-corrected chi connectivity index (χ2v) is 5.16. The third-order valence-electron chi connectivity index (χ3n) is 2.97. The Morgan fingerprint density at radius 1 is 1.74 bits per heavy atom. The average molecular weight is 286 g/mol. The van der Waals surface area contributed by atoms with Crippen LogP contribution in [0.3, 0.4) is 0 Å². The third-order valence-corrected chi connectivity index (χ3v) is 3.92. The van der Waals surface area contributed by atoms with Crippen LogP contribution in [-0.2, 0) is 20.7 Å². The summed E-state index contributed by atoms with van der Waals surface area (Å²) in [6, 6.07) is 0. The lowest BCUT2D eigenvalue weighted by Gasteiger charge is -2.31. The van der Waals surface area contributed by atoms with Crippen LogP contribution in [-0.4, -0.2) is 55.6 Å². The number of thiazole rings is 1. The van der Waals surface area contributed by atoms with Crippen LogP contribution in [0.1, 0.15) is 12.1 Å². The maximum Gasteiger partial charge on any atom is 0.305 e. The van der Waals surface area contributed by atoms with E-state index in [-0.39, 0.29) is 18.7 Å². The molecule has 1 unspecified atom stereocenters. The van der Waals surface area contributed by atoms with Gasteiger partial charge in [0.25, 0.3) is 0 Å². The van der Waals surface area contributed by atoms with E-state index < -0.39 is 0 Å². The summed E-state index contributed by atoms with van der Waals surface area (Å²) in [6.45, 7) is 2.06. The van der Waals surface area contributed by atoms with Crippen molar-refractivity contribution in [2.75, 3.05) is 38.3 Å². The van der Waals surface area contributed by atoms with Crippen LogP contribution in [0.25, 0.3) is 0 Å².